The molecule has 11 nitrogen and oxygen atoms in total. The van der Waals surface area contributed by atoms with Crippen molar-refractivity contribution < 1.29 is 19.1 Å². The Bertz CT molecular complexity index is 1120. The molecular formula is C25H33N5O6. The number of hydrogen-bond donors (Lipinski definition) is 2. The fourth-order valence-electron chi connectivity index (χ4n) is 4.61. The summed E-state index contributed by atoms with van der Waals surface area (Å²) in [6, 6.07) is 9.12. The zero-order valence-corrected chi connectivity index (χ0v) is 20.5. The molecule has 36 heavy (non-hydrogen) atoms. The summed E-state index contributed by atoms with van der Waals surface area (Å²) in [6.07, 6.45) is 1.52. The highest BCUT2D eigenvalue weighted by molar-refractivity contribution is 5.92. The maximum Gasteiger partial charge on any atom is 0.409 e. The minimum Gasteiger partial charge on any atom is -0.493 e. The van der Waals surface area contributed by atoms with Gasteiger partial charge in [-0.15, -0.1) is 0 Å². The average molecular weight is 500 g/mol. The summed E-state index contributed by atoms with van der Waals surface area (Å²) < 4.78 is 11.1. The number of nitrogens with one attached hydrogen (secondary N) is 2. The van der Waals surface area contributed by atoms with Crippen LogP contribution in [0.15, 0.2) is 39.9 Å². The van der Waals surface area contributed by atoms with Crippen LogP contribution in [0.5, 0.6) is 5.75 Å². The smallest absolute Gasteiger partial charge is 0.409 e. The van der Waals surface area contributed by atoms with Gasteiger partial charge in [-0.25, -0.2) is 9.59 Å². The molecule has 2 N–H and O–H groups in total. The van der Waals surface area contributed by atoms with Crippen LogP contribution < -0.4 is 16.0 Å². The second kappa shape index (κ2) is 11.9. The van der Waals surface area contributed by atoms with E-state index in [-0.39, 0.29) is 23.6 Å². The van der Waals surface area contributed by atoms with Crippen molar-refractivity contribution in [2.24, 2.45) is 5.92 Å². The van der Waals surface area contributed by atoms with Gasteiger partial charge in [0.2, 0.25) is 0 Å². The largest absolute Gasteiger partial charge is 0.493 e. The molecule has 11 heteroatoms. The molecule has 2 aromatic rings. The Morgan fingerprint density at radius 2 is 1.75 bits per heavy atom. The minimum absolute atomic E-state index is 0.00297. The third-order valence-electron chi connectivity index (χ3n) is 6.51. The summed E-state index contributed by atoms with van der Waals surface area (Å²) in [6.45, 7) is 7.51. The van der Waals surface area contributed by atoms with Gasteiger partial charge >= 0.3 is 11.8 Å². The zero-order valence-electron chi connectivity index (χ0n) is 20.5. The van der Waals surface area contributed by atoms with Crippen LogP contribution in [0, 0.1) is 5.92 Å². The fraction of sp³-hybridized carbons (Fsp3) is 0.520. The number of carbonyl (C=O) groups is 2. The van der Waals surface area contributed by atoms with Crippen LogP contribution >= 0.6 is 0 Å². The Labute approximate surface area is 209 Å². The minimum atomic E-state index is -0.690. The number of likely N-dealkylation sites (tertiary alicyclic amines) is 1. The summed E-state index contributed by atoms with van der Waals surface area (Å²) >= 11 is 0. The lowest BCUT2D eigenvalue weighted by atomic mass is 9.98. The van der Waals surface area contributed by atoms with Crippen LogP contribution in [0.4, 0.5) is 4.79 Å². The summed E-state index contributed by atoms with van der Waals surface area (Å²) in [5.74, 6) is 0.579. The Kier molecular flexibility index (Phi) is 8.42. The number of carbonyl (C=O) groups excluding carboxylic acids is 2. The molecule has 3 heterocycles. The van der Waals surface area contributed by atoms with Crippen molar-refractivity contribution >= 4 is 12.0 Å². The average Bonchev–Trinajstić information content (AvgIpc) is 2.88. The number of ether oxygens (including phenoxy) is 2. The highest BCUT2D eigenvalue weighted by atomic mass is 16.6. The highest BCUT2D eigenvalue weighted by Gasteiger charge is 2.26. The predicted octanol–water partition coefficient (Wildman–Crippen LogP) is 1.27. The molecule has 0 bridgehead atoms. The third kappa shape index (κ3) is 6.75. The number of piperazine rings is 1. The van der Waals surface area contributed by atoms with Crippen molar-refractivity contribution in [3.05, 3.63) is 62.4 Å². The number of piperidine rings is 1. The van der Waals surface area contributed by atoms with Crippen molar-refractivity contribution in [2.75, 3.05) is 52.5 Å². The van der Waals surface area contributed by atoms with Crippen LogP contribution in [0.2, 0.25) is 0 Å². The summed E-state index contributed by atoms with van der Waals surface area (Å²) in [5.41, 5.74) is -0.108. The maximum atomic E-state index is 12.7. The molecule has 2 aliphatic heterocycles. The number of amides is 2. The molecule has 4 rings (SSSR count). The summed E-state index contributed by atoms with van der Waals surface area (Å²) in [5, 5.41) is 0. The molecular weight excluding hydrogens is 466 g/mol. The van der Waals surface area contributed by atoms with Crippen LogP contribution in [0.1, 0.15) is 35.8 Å². The Morgan fingerprint density at radius 3 is 2.44 bits per heavy atom. The van der Waals surface area contributed by atoms with Gasteiger partial charge in [0.05, 0.1) is 13.2 Å². The lowest BCUT2D eigenvalue weighted by molar-refractivity contribution is 0.0626. The van der Waals surface area contributed by atoms with Crippen molar-refractivity contribution in [1.29, 1.82) is 0 Å². The molecule has 0 saturated carbocycles. The Balaban J connectivity index is 1.23. The zero-order chi connectivity index (χ0) is 25.5. The third-order valence-corrected chi connectivity index (χ3v) is 6.51. The van der Waals surface area contributed by atoms with E-state index in [2.05, 4.69) is 14.9 Å². The first-order valence-corrected chi connectivity index (χ1v) is 12.4. The van der Waals surface area contributed by atoms with Crippen molar-refractivity contribution in [2.45, 2.75) is 26.3 Å². The molecule has 194 valence electrons. The van der Waals surface area contributed by atoms with E-state index in [1.54, 1.807) is 9.80 Å². The van der Waals surface area contributed by atoms with Crippen molar-refractivity contribution in [1.82, 2.24) is 24.7 Å². The van der Waals surface area contributed by atoms with E-state index in [4.69, 9.17) is 9.47 Å². The van der Waals surface area contributed by atoms with Crippen molar-refractivity contribution in [3.8, 4) is 5.75 Å². The topological polar surface area (TPSA) is 128 Å². The molecule has 0 spiro atoms. The predicted molar refractivity (Wildman–Crippen MR) is 132 cm³/mol. The number of aromatic nitrogens is 2. The van der Waals surface area contributed by atoms with Crippen molar-refractivity contribution in [3.63, 3.8) is 0 Å². The van der Waals surface area contributed by atoms with E-state index >= 15 is 0 Å². The van der Waals surface area contributed by atoms with E-state index in [9.17, 15) is 19.2 Å². The number of benzene rings is 1. The van der Waals surface area contributed by atoms with Gasteiger partial charge in [-0.1, -0.05) is 12.1 Å². The monoisotopic (exact) mass is 499 g/mol. The Hall–Kier alpha value is -3.60. The first kappa shape index (κ1) is 25.5. The molecule has 0 aliphatic carbocycles. The van der Waals surface area contributed by atoms with Gasteiger partial charge in [0.25, 0.3) is 11.5 Å². The van der Waals surface area contributed by atoms with E-state index in [1.807, 2.05) is 31.2 Å². The van der Waals surface area contributed by atoms with Gasteiger partial charge < -0.3 is 24.3 Å². The second-order valence-corrected chi connectivity index (χ2v) is 9.18. The molecule has 2 fully saturated rings. The van der Waals surface area contributed by atoms with E-state index < -0.39 is 11.2 Å². The quantitative estimate of drug-likeness (QED) is 0.587. The number of aromatic amines is 2. The lowest BCUT2D eigenvalue weighted by Gasteiger charge is -2.34. The number of nitrogens with zero attached hydrogens (tertiary/aromatic N) is 3. The number of rotatable bonds is 7. The second-order valence-electron chi connectivity index (χ2n) is 9.18. The standard InChI is InChI=1S/C25H33N5O6/c1-2-35-25(34)29-12-10-28(11-13-29)15-18-5-7-20(8-6-18)36-17-19-4-3-9-30(16-19)23(32)21-14-22(31)27-24(33)26-21/h5-8,14,19H,2-4,9-13,15-17H2,1H3,(H2,26,27,31,33). The SMILES string of the molecule is CCOC(=O)N1CCN(Cc2ccc(OCC3CCCN(C(=O)c4cc(=O)[nH]c(=O)[nH]4)C3)cc2)CC1. The van der Waals surface area contributed by atoms with E-state index in [0.29, 0.717) is 39.4 Å². The molecule has 1 atom stereocenters. The maximum absolute atomic E-state index is 12.7. The van der Waals surface area contributed by atoms with Crippen LogP contribution in [-0.2, 0) is 11.3 Å². The molecule has 1 aromatic heterocycles. The molecule has 1 aromatic carbocycles. The van der Waals surface area contributed by atoms with Gasteiger partial charge in [-0.3, -0.25) is 19.5 Å². The van der Waals surface area contributed by atoms with Gasteiger partial charge in [-0.05, 0) is 37.5 Å². The number of H-pyrrole nitrogens is 2. The fourth-order valence-corrected chi connectivity index (χ4v) is 4.61. The van der Waals surface area contributed by atoms with Crippen LogP contribution in [0.25, 0.3) is 0 Å². The molecule has 2 amide bonds. The normalized spacial score (nSPS) is 18.6. The highest BCUT2D eigenvalue weighted by Crippen LogP contribution is 2.21. The Morgan fingerprint density at radius 1 is 1.00 bits per heavy atom. The van der Waals surface area contributed by atoms with E-state index in [1.165, 1.54) is 5.56 Å². The van der Waals surface area contributed by atoms with Gasteiger partial charge in [0.1, 0.15) is 11.4 Å². The summed E-state index contributed by atoms with van der Waals surface area (Å²) in [7, 11) is 0. The molecule has 2 aliphatic rings. The lowest BCUT2D eigenvalue weighted by Crippen LogP contribution is -2.48. The van der Waals surface area contributed by atoms with E-state index in [0.717, 1.165) is 44.3 Å². The summed E-state index contributed by atoms with van der Waals surface area (Å²) in [4.78, 5) is 57.8. The van der Waals surface area contributed by atoms with Gasteiger partial charge in [0, 0.05) is 57.8 Å². The molecule has 1 unspecified atom stereocenters. The molecule has 2 saturated heterocycles. The number of hydrogen-bond acceptors (Lipinski definition) is 7. The van der Waals surface area contributed by atoms with Crippen LogP contribution in [-0.4, -0.2) is 89.2 Å². The first-order chi connectivity index (χ1) is 17.4. The van der Waals surface area contributed by atoms with Gasteiger partial charge in [-0.2, -0.15) is 0 Å². The first-order valence-electron chi connectivity index (χ1n) is 12.4. The molecule has 0 radical (unpaired) electrons. The van der Waals surface area contributed by atoms with Crippen LogP contribution in [0.3, 0.4) is 0 Å². The van der Waals surface area contributed by atoms with Gasteiger partial charge in [0.15, 0.2) is 0 Å².